The fourth-order valence-corrected chi connectivity index (χ4v) is 3.87. The maximum atomic E-state index is 12.6. The molecule has 1 aromatic carbocycles. The predicted octanol–water partition coefficient (Wildman–Crippen LogP) is 2.79. The summed E-state index contributed by atoms with van der Waals surface area (Å²) in [6, 6.07) is 7.36. The number of nitrogens with one attached hydrogen (secondary N) is 2. The van der Waals surface area contributed by atoms with Crippen molar-refractivity contribution in [3.05, 3.63) is 52.3 Å². The number of hydrogen-bond acceptors (Lipinski definition) is 6. The van der Waals surface area contributed by atoms with E-state index in [0.717, 1.165) is 11.8 Å². The first-order chi connectivity index (χ1) is 12.3. The number of nitrogens with zero attached hydrogens (tertiary/aromatic N) is 3. The molecule has 0 aliphatic rings. The van der Waals surface area contributed by atoms with Gasteiger partial charge in [-0.1, -0.05) is 13.8 Å². The minimum atomic E-state index is -3.78. The molecular weight excluding hydrogens is 358 g/mol. The molecule has 0 saturated carbocycles. The lowest BCUT2D eigenvalue weighted by Gasteiger charge is -2.18. The second-order valence-corrected chi connectivity index (χ2v) is 7.36. The van der Waals surface area contributed by atoms with Gasteiger partial charge in [-0.2, -0.15) is 9.41 Å². The lowest BCUT2D eigenvalue weighted by Crippen LogP contribution is -2.30. The number of hydrogen-bond donors (Lipinski definition) is 2. The highest BCUT2D eigenvalue weighted by Crippen LogP contribution is 2.29. The van der Waals surface area contributed by atoms with Gasteiger partial charge in [0.25, 0.3) is 5.69 Å². The Balaban J connectivity index is 2.38. The lowest BCUT2D eigenvalue weighted by molar-refractivity contribution is -0.384. The van der Waals surface area contributed by atoms with Crippen molar-refractivity contribution in [1.82, 2.24) is 9.29 Å². The van der Waals surface area contributed by atoms with Crippen molar-refractivity contribution in [2.24, 2.45) is 5.10 Å². The molecule has 0 saturated heterocycles. The molecule has 1 heterocycles. The fraction of sp³-hybridized carbons (Fsp3) is 0.312. The van der Waals surface area contributed by atoms with E-state index in [9.17, 15) is 18.5 Å². The van der Waals surface area contributed by atoms with E-state index in [2.05, 4.69) is 15.5 Å². The Morgan fingerprint density at radius 1 is 1.31 bits per heavy atom. The summed E-state index contributed by atoms with van der Waals surface area (Å²) in [4.78, 5) is 13.6. The molecule has 9 nitrogen and oxygen atoms in total. The Labute approximate surface area is 151 Å². The van der Waals surface area contributed by atoms with Gasteiger partial charge in [0, 0.05) is 25.4 Å². The third-order valence-electron chi connectivity index (χ3n) is 3.84. The summed E-state index contributed by atoms with van der Waals surface area (Å²) in [5.41, 5.74) is 3.75. The molecule has 0 unspecified atom stereocenters. The van der Waals surface area contributed by atoms with Crippen LogP contribution in [-0.4, -0.2) is 41.4 Å². The molecule has 0 amide bonds. The number of benzene rings is 1. The van der Waals surface area contributed by atoms with E-state index in [1.165, 1.54) is 16.4 Å². The monoisotopic (exact) mass is 379 g/mol. The number of rotatable bonds is 8. The van der Waals surface area contributed by atoms with Gasteiger partial charge in [-0.3, -0.25) is 15.5 Å². The molecule has 1 aromatic heterocycles. The molecule has 2 rings (SSSR count). The van der Waals surface area contributed by atoms with E-state index in [0.29, 0.717) is 5.71 Å². The topological polar surface area (TPSA) is 121 Å². The maximum Gasteiger partial charge on any atom is 0.295 e. The van der Waals surface area contributed by atoms with Crippen molar-refractivity contribution in [2.45, 2.75) is 25.7 Å². The van der Waals surface area contributed by atoms with Crippen molar-refractivity contribution in [3.8, 4) is 0 Å². The van der Waals surface area contributed by atoms with E-state index >= 15 is 0 Å². The number of H-pyrrole nitrogens is 1. The maximum absolute atomic E-state index is 12.6. The Morgan fingerprint density at radius 2 is 2.00 bits per heavy atom. The number of nitro benzene ring substituents is 1. The highest BCUT2D eigenvalue weighted by Gasteiger charge is 2.25. The van der Waals surface area contributed by atoms with E-state index in [1.54, 1.807) is 27.0 Å². The van der Waals surface area contributed by atoms with Gasteiger partial charge in [0.15, 0.2) is 0 Å². The zero-order valence-corrected chi connectivity index (χ0v) is 15.6. The molecule has 10 heteroatoms. The van der Waals surface area contributed by atoms with E-state index in [-0.39, 0.29) is 29.4 Å². The van der Waals surface area contributed by atoms with Crippen LogP contribution in [0.3, 0.4) is 0 Å². The van der Waals surface area contributed by atoms with E-state index < -0.39 is 14.9 Å². The second-order valence-electron chi connectivity index (χ2n) is 5.42. The van der Waals surface area contributed by atoms with Gasteiger partial charge in [0.05, 0.1) is 21.2 Å². The van der Waals surface area contributed by atoms with Crippen molar-refractivity contribution < 1.29 is 13.3 Å². The SMILES string of the molecule is CCN(CC)S(=O)(=O)c1ccc(N/N=C(\C)c2ccc[nH]2)c([N+](=O)[O-])c1. The number of sulfonamides is 1. The van der Waals surface area contributed by atoms with E-state index in [1.807, 2.05) is 12.1 Å². The zero-order valence-electron chi connectivity index (χ0n) is 14.8. The molecular formula is C16H21N5O4S. The molecule has 0 bridgehead atoms. The summed E-state index contributed by atoms with van der Waals surface area (Å²) in [5.74, 6) is 0. The van der Waals surface area contributed by atoms with Crippen molar-refractivity contribution in [3.63, 3.8) is 0 Å². The molecule has 0 aliphatic heterocycles. The summed E-state index contributed by atoms with van der Waals surface area (Å²) < 4.78 is 26.3. The van der Waals surface area contributed by atoms with Gasteiger partial charge in [-0.25, -0.2) is 8.42 Å². The standard InChI is InChI=1S/C16H21N5O4S/c1-4-20(5-2)26(24,25)13-8-9-15(16(11-13)21(22)23)19-18-12(3)14-7-6-10-17-14/h6-11,17,19H,4-5H2,1-3H3/b18-12+. The summed E-state index contributed by atoms with van der Waals surface area (Å²) in [5, 5.41) is 15.5. The van der Waals surface area contributed by atoms with Crippen molar-refractivity contribution in [1.29, 1.82) is 0 Å². The molecule has 0 radical (unpaired) electrons. The third-order valence-corrected chi connectivity index (χ3v) is 5.89. The van der Waals surface area contributed by atoms with Gasteiger partial charge in [-0.05, 0) is 31.2 Å². The molecule has 0 fully saturated rings. The molecule has 26 heavy (non-hydrogen) atoms. The largest absolute Gasteiger partial charge is 0.360 e. The first-order valence-electron chi connectivity index (χ1n) is 8.03. The number of aromatic nitrogens is 1. The lowest BCUT2D eigenvalue weighted by atomic mass is 10.3. The van der Waals surface area contributed by atoms with Crippen LogP contribution >= 0.6 is 0 Å². The van der Waals surface area contributed by atoms with Crippen LogP contribution in [0.5, 0.6) is 0 Å². The first-order valence-corrected chi connectivity index (χ1v) is 9.47. The number of nitro groups is 1. The molecule has 0 atom stereocenters. The van der Waals surface area contributed by atoms with Crippen LogP contribution in [0.4, 0.5) is 11.4 Å². The number of aromatic amines is 1. The zero-order chi connectivity index (χ0) is 19.3. The van der Waals surface area contributed by atoms with Crippen molar-refractivity contribution >= 4 is 27.1 Å². The predicted molar refractivity (Wildman–Crippen MR) is 99.8 cm³/mol. The van der Waals surface area contributed by atoms with Crippen LogP contribution in [0, 0.1) is 10.1 Å². The summed E-state index contributed by atoms with van der Waals surface area (Å²) in [7, 11) is -3.78. The quantitative estimate of drug-likeness (QED) is 0.415. The van der Waals surface area contributed by atoms with Crippen LogP contribution < -0.4 is 5.43 Å². The highest BCUT2D eigenvalue weighted by atomic mass is 32.2. The Hall–Kier alpha value is -2.72. The second kappa shape index (κ2) is 8.11. The van der Waals surface area contributed by atoms with Gasteiger partial charge < -0.3 is 4.98 Å². The number of hydrazone groups is 1. The van der Waals surface area contributed by atoms with Crippen LogP contribution in [0.2, 0.25) is 0 Å². The Bertz CT molecular complexity index is 903. The average Bonchev–Trinajstić information content (AvgIpc) is 3.15. The van der Waals surface area contributed by atoms with E-state index in [4.69, 9.17) is 0 Å². The Kier molecular flexibility index (Phi) is 6.11. The van der Waals surface area contributed by atoms with Gasteiger partial charge in [0.2, 0.25) is 10.0 Å². The summed E-state index contributed by atoms with van der Waals surface area (Å²) >= 11 is 0. The smallest absolute Gasteiger partial charge is 0.295 e. The van der Waals surface area contributed by atoms with Gasteiger partial charge >= 0.3 is 0 Å². The van der Waals surface area contributed by atoms with Crippen molar-refractivity contribution in [2.75, 3.05) is 18.5 Å². The molecule has 2 aromatic rings. The fourth-order valence-electron chi connectivity index (χ4n) is 2.39. The third kappa shape index (κ3) is 4.09. The normalized spacial score (nSPS) is 12.4. The average molecular weight is 379 g/mol. The van der Waals surface area contributed by atoms with Crippen LogP contribution in [0.25, 0.3) is 0 Å². The molecule has 0 spiro atoms. The minimum absolute atomic E-state index is 0.111. The van der Waals surface area contributed by atoms with Crippen LogP contribution in [-0.2, 0) is 10.0 Å². The first kappa shape index (κ1) is 19.6. The highest BCUT2D eigenvalue weighted by molar-refractivity contribution is 7.89. The van der Waals surface area contributed by atoms with Crippen LogP contribution in [0.15, 0.2) is 46.5 Å². The molecule has 2 N–H and O–H groups in total. The van der Waals surface area contributed by atoms with Gasteiger partial charge in [0.1, 0.15) is 5.69 Å². The minimum Gasteiger partial charge on any atom is -0.360 e. The summed E-state index contributed by atoms with van der Waals surface area (Å²) in [6.07, 6.45) is 1.74. The molecule has 0 aliphatic carbocycles. The Morgan fingerprint density at radius 3 is 2.54 bits per heavy atom. The molecule has 140 valence electrons. The summed E-state index contributed by atoms with van der Waals surface area (Å²) in [6.45, 7) is 5.73. The van der Waals surface area contributed by atoms with Crippen LogP contribution in [0.1, 0.15) is 26.5 Å². The van der Waals surface area contributed by atoms with Gasteiger partial charge in [-0.15, -0.1) is 0 Å². The number of anilines is 1.